The van der Waals surface area contributed by atoms with Gasteiger partial charge in [0.25, 0.3) is 11.8 Å². The summed E-state index contributed by atoms with van der Waals surface area (Å²) in [4.78, 5) is 37.6. The molecule has 1 aliphatic heterocycles. The van der Waals surface area contributed by atoms with E-state index in [-0.39, 0.29) is 16.2 Å². The van der Waals surface area contributed by atoms with E-state index >= 15 is 0 Å². The van der Waals surface area contributed by atoms with Crippen molar-refractivity contribution in [2.24, 2.45) is 0 Å². The second-order valence-corrected chi connectivity index (χ2v) is 6.35. The van der Waals surface area contributed by atoms with E-state index in [1.54, 1.807) is 12.1 Å². The number of phenols is 1. The largest absolute Gasteiger partial charge is 0.508 e. The molecule has 7 heteroatoms. The fourth-order valence-corrected chi connectivity index (χ4v) is 3.03. The van der Waals surface area contributed by atoms with Crippen LogP contribution >= 0.6 is 23.4 Å². The number of nitrogens with zero attached hydrogens (tertiary/aromatic N) is 1. The Morgan fingerprint density at radius 2 is 1.67 bits per heavy atom. The third-order valence-electron chi connectivity index (χ3n) is 3.28. The predicted octanol–water partition coefficient (Wildman–Crippen LogP) is 3.92. The van der Waals surface area contributed by atoms with Gasteiger partial charge in [0.05, 0.1) is 4.91 Å². The van der Waals surface area contributed by atoms with Gasteiger partial charge in [0, 0.05) is 10.6 Å². The third-order valence-corrected chi connectivity index (χ3v) is 4.40. The predicted molar refractivity (Wildman–Crippen MR) is 91.7 cm³/mol. The molecule has 120 valence electrons. The van der Waals surface area contributed by atoms with Gasteiger partial charge in [-0.15, -0.1) is 0 Å². The Kier molecular flexibility index (Phi) is 4.42. The summed E-state index contributed by atoms with van der Waals surface area (Å²) < 4.78 is 0. The van der Waals surface area contributed by atoms with E-state index < -0.39 is 17.1 Å². The SMILES string of the molecule is O=C1SC(=Cc2ccc(O)cc2)C(=O)N1C(=O)c1ccc(Cl)cc1. The quantitative estimate of drug-likeness (QED) is 0.649. The van der Waals surface area contributed by atoms with Crippen molar-refractivity contribution in [1.82, 2.24) is 4.90 Å². The maximum atomic E-state index is 12.4. The van der Waals surface area contributed by atoms with Crippen LogP contribution in [0.25, 0.3) is 6.08 Å². The Morgan fingerprint density at radius 3 is 2.29 bits per heavy atom. The number of halogens is 1. The van der Waals surface area contributed by atoms with E-state index in [1.807, 2.05) is 0 Å². The summed E-state index contributed by atoms with van der Waals surface area (Å²) in [5.74, 6) is -1.26. The topological polar surface area (TPSA) is 74.7 Å². The lowest BCUT2D eigenvalue weighted by Crippen LogP contribution is -2.34. The first-order chi connectivity index (χ1) is 11.5. The Hall–Kier alpha value is -2.57. The van der Waals surface area contributed by atoms with Crippen molar-refractivity contribution in [3.63, 3.8) is 0 Å². The highest BCUT2D eigenvalue weighted by molar-refractivity contribution is 8.18. The van der Waals surface area contributed by atoms with E-state index in [9.17, 15) is 19.5 Å². The molecule has 1 heterocycles. The molecule has 5 nitrogen and oxygen atoms in total. The lowest BCUT2D eigenvalue weighted by atomic mass is 10.2. The van der Waals surface area contributed by atoms with Crippen LogP contribution in [0.1, 0.15) is 15.9 Å². The molecule has 2 aromatic carbocycles. The van der Waals surface area contributed by atoms with Gasteiger partial charge >= 0.3 is 5.24 Å². The number of carbonyl (C=O) groups is 3. The lowest BCUT2D eigenvalue weighted by molar-refractivity contribution is -0.120. The molecule has 1 N–H and O–H groups in total. The highest BCUT2D eigenvalue weighted by Crippen LogP contribution is 2.33. The van der Waals surface area contributed by atoms with E-state index in [0.29, 0.717) is 27.2 Å². The third kappa shape index (κ3) is 3.20. The van der Waals surface area contributed by atoms with Crippen molar-refractivity contribution in [2.45, 2.75) is 0 Å². The number of thioether (sulfide) groups is 1. The first kappa shape index (κ1) is 16.3. The van der Waals surface area contributed by atoms with Crippen molar-refractivity contribution >= 4 is 46.5 Å². The molecule has 1 aliphatic rings. The standard InChI is InChI=1S/C17H10ClNO4S/c18-12-5-3-11(4-6-12)15(21)19-16(22)14(24-17(19)23)9-10-1-7-13(20)8-2-10/h1-9,20H. The van der Waals surface area contributed by atoms with Crippen LogP contribution in [0.5, 0.6) is 5.75 Å². The summed E-state index contributed by atoms with van der Waals surface area (Å²) in [6.07, 6.45) is 1.50. The summed E-state index contributed by atoms with van der Waals surface area (Å²) in [7, 11) is 0. The second-order valence-electron chi connectivity index (χ2n) is 4.92. The van der Waals surface area contributed by atoms with Crippen LogP contribution in [0.15, 0.2) is 53.4 Å². The number of rotatable bonds is 2. The minimum atomic E-state index is -0.691. The first-order valence-electron chi connectivity index (χ1n) is 6.82. The summed E-state index contributed by atoms with van der Waals surface area (Å²) in [5.41, 5.74) is 0.838. The molecular formula is C17H10ClNO4S. The number of imide groups is 3. The van der Waals surface area contributed by atoms with Crippen LogP contribution in [0.2, 0.25) is 5.02 Å². The van der Waals surface area contributed by atoms with Crippen LogP contribution in [0.3, 0.4) is 0 Å². The van der Waals surface area contributed by atoms with Crippen LogP contribution in [-0.4, -0.2) is 27.1 Å². The number of carbonyl (C=O) groups excluding carboxylic acids is 3. The maximum absolute atomic E-state index is 12.4. The molecule has 0 aliphatic carbocycles. The van der Waals surface area contributed by atoms with Gasteiger partial charge in [0.1, 0.15) is 5.75 Å². The molecule has 0 saturated carbocycles. The van der Waals surface area contributed by atoms with Crippen molar-refractivity contribution in [3.8, 4) is 5.75 Å². The number of aromatic hydroxyl groups is 1. The highest BCUT2D eigenvalue weighted by Gasteiger charge is 2.40. The molecule has 0 bridgehead atoms. The normalized spacial score (nSPS) is 16.0. The molecule has 0 radical (unpaired) electrons. The summed E-state index contributed by atoms with van der Waals surface area (Å²) in [5, 5.41) is 9.07. The zero-order valence-corrected chi connectivity index (χ0v) is 13.7. The lowest BCUT2D eigenvalue weighted by Gasteiger charge is -2.10. The second kappa shape index (κ2) is 6.51. The van der Waals surface area contributed by atoms with Crippen LogP contribution in [-0.2, 0) is 4.79 Å². The van der Waals surface area contributed by atoms with Crippen LogP contribution in [0, 0.1) is 0 Å². The molecule has 0 spiro atoms. The molecule has 2 aromatic rings. The van der Waals surface area contributed by atoms with E-state index in [0.717, 1.165) is 0 Å². The average Bonchev–Trinajstić information content (AvgIpc) is 2.83. The molecule has 0 atom stereocenters. The van der Waals surface area contributed by atoms with Gasteiger partial charge in [-0.2, -0.15) is 0 Å². The molecule has 1 fully saturated rings. The summed E-state index contributed by atoms with van der Waals surface area (Å²) >= 11 is 6.46. The molecule has 0 aromatic heterocycles. The van der Waals surface area contributed by atoms with E-state index in [4.69, 9.17) is 11.6 Å². The summed E-state index contributed by atoms with van der Waals surface area (Å²) in [6, 6.07) is 12.1. The molecule has 3 amide bonds. The fraction of sp³-hybridized carbons (Fsp3) is 0. The van der Waals surface area contributed by atoms with E-state index in [2.05, 4.69) is 0 Å². The number of phenolic OH excluding ortho intramolecular Hbond substituents is 1. The minimum Gasteiger partial charge on any atom is -0.508 e. The van der Waals surface area contributed by atoms with E-state index in [1.165, 1.54) is 42.5 Å². The number of benzene rings is 2. The van der Waals surface area contributed by atoms with Crippen molar-refractivity contribution in [3.05, 3.63) is 69.6 Å². The van der Waals surface area contributed by atoms with Gasteiger partial charge in [0.15, 0.2) is 0 Å². The Morgan fingerprint density at radius 1 is 1.04 bits per heavy atom. The smallest absolute Gasteiger partial charge is 0.300 e. The van der Waals surface area contributed by atoms with Crippen LogP contribution in [0.4, 0.5) is 4.79 Å². The van der Waals surface area contributed by atoms with Crippen molar-refractivity contribution in [1.29, 1.82) is 0 Å². The highest BCUT2D eigenvalue weighted by atomic mass is 35.5. The Balaban J connectivity index is 1.87. The van der Waals surface area contributed by atoms with Crippen molar-refractivity contribution in [2.75, 3.05) is 0 Å². The zero-order chi connectivity index (χ0) is 17.3. The minimum absolute atomic E-state index is 0.0955. The zero-order valence-electron chi connectivity index (χ0n) is 12.1. The van der Waals surface area contributed by atoms with Gasteiger partial charge in [-0.25, -0.2) is 4.90 Å². The molecule has 1 saturated heterocycles. The first-order valence-corrected chi connectivity index (χ1v) is 8.02. The van der Waals surface area contributed by atoms with Gasteiger partial charge in [0.2, 0.25) is 0 Å². The molecule has 24 heavy (non-hydrogen) atoms. The van der Waals surface area contributed by atoms with Gasteiger partial charge in [-0.1, -0.05) is 23.7 Å². The fourth-order valence-electron chi connectivity index (χ4n) is 2.09. The number of amides is 3. The Bertz CT molecular complexity index is 859. The average molecular weight is 360 g/mol. The number of hydrogen-bond acceptors (Lipinski definition) is 5. The molecule has 3 rings (SSSR count). The summed E-state index contributed by atoms with van der Waals surface area (Å²) in [6.45, 7) is 0. The van der Waals surface area contributed by atoms with Crippen LogP contribution < -0.4 is 0 Å². The monoisotopic (exact) mass is 359 g/mol. The van der Waals surface area contributed by atoms with Gasteiger partial charge in [-0.3, -0.25) is 14.4 Å². The molecular weight excluding hydrogens is 350 g/mol. The maximum Gasteiger partial charge on any atom is 0.300 e. The molecule has 0 unspecified atom stereocenters. The Labute approximate surface area is 146 Å². The van der Waals surface area contributed by atoms with Gasteiger partial charge < -0.3 is 5.11 Å². The van der Waals surface area contributed by atoms with Crippen molar-refractivity contribution < 1.29 is 19.5 Å². The van der Waals surface area contributed by atoms with Gasteiger partial charge in [-0.05, 0) is 59.8 Å². The number of hydrogen-bond donors (Lipinski definition) is 1.